The summed E-state index contributed by atoms with van der Waals surface area (Å²) in [6.45, 7) is 4.70. The van der Waals surface area contributed by atoms with E-state index in [1.54, 1.807) is 6.20 Å². The Labute approximate surface area is 86.9 Å². The van der Waals surface area contributed by atoms with Crippen LogP contribution in [-0.4, -0.2) is 16.5 Å². The third-order valence-electron chi connectivity index (χ3n) is 1.88. The number of rotatable bonds is 3. The van der Waals surface area contributed by atoms with Crippen molar-refractivity contribution in [1.82, 2.24) is 9.97 Å². The summed E-state index contributed by atoms with van der Waals surface area (Å²) in [4.78, 5) is 8.43. The van der Waals surface area contributed by atoms with Gasteiger partial charge in [-0.25, -0.2) is 9.97 Å². The molecule has 0 aliphatic heterocycles. The van der Waals surface area contributed by atoms with Gasteiger partial charge in [0.25, 0.3) is 0 Å². The smallest absolute Gasteiger partial charge is 0.125 e. The first kappa shape index (κ1) is 10.6. The molecule has 1 aromatic heterocycles. The van der Waals surface area contributed by atoms with Gasteiger partial charge in [0.15, 0.2) is 0 Å². The van der Waals surface area contributed by atoms with Crippen molar-refractivity contribution < 1.29 is 0 Å². The average Bonchev–Trinajstić information content (AvgIpc) is 2.11. The second kappa shape index (κ2) is 4.67. The quantitative estimate of drug-likeness (QED) is 0.880. The fourth-order valence-electron chi connectivity index (χ4n) is 1.06. The van der Waals surface area contributed by atoms with Crippen LogP contribution >= 0.6 is 15.9 Å². The molecule has 1 atom stereocenters. The fourth-order valence-corrected chi connectivity index (χ4v) is 1.41. The molecule has 0 aliphatic rings. The highest BCUT2D eigenvalue weighted by molar-refractivity contribution is 9.10. The molecule has 0 aromatic carbocycles. The number of hydrogen-bond acceptors (Lipinski definition) is 3. The summed E-state index contributed by atoms with van der Waals surface area (Å²) in [5.74, 6) is 1.27. The maximum Gasteiger partial charge on any atom is 0.125 e. The van der Waals surface area contributed by atoms with Crippen LogP contribution in [0.5, 0.6) is 0 Å². The minimum atomic E-state index is 0.464. The maximum atomic E-state index is 5.55. The molecule has 13 heavy (non-hydrogen) atoms. The van der Waals surface area contributed by atoms with Crippen molar-refractivity contribution in [3.63, 3.8) is 0 Å². The van der Waals surface area contributed by atoms with Crippen LogP contribution in [0.15, 0.2) is 10.7 Å². The van der Waals surface area contributed by atoms with E-state index in [-0.39, 0.29) is 0 Å². The average molecular weight is 244 g/mol. The zero-order chi connectivity index (χ0) is 9.84. The van der Waals surface area contributed by atoms with Crippen LogP contribution in [0.1, 0.15) is 18.4 Å². The molecule has 4 heteroatoms. The lowest BCUT2D eigenvalue weighted by molar-refractivity contribution is 0.580. The molecule has 0 saturated carbocycles. The minimum absolute atomic E-state index is 0.464. The van der Waals surface area contributed by atoms with Gasteiger partial charge in [-0.05, 0) is 41.7 Å². The zero-order valence-corrected chi connectivity index (χ0v) is 9.50. The van der Waals surface area contributed by atoms with Crippen LogP contribution in [0.25, 0.3) is 0 Å². The highest BCUT2D eigenvalue weighted by Crippen LogP contribution is 2.16. The molecule has 0 aliphatic carbocycles. The van der Waals surface area contributed by atoms with Crippen molar-refractivity contribution in [1.29, 1.82) is 0 Å². The van der Waals surface area contributed by atoms with Gasteiger partial charge in [0.1, 0.15) is 5.82 Å². The lowest BCUT2D eigenvalue weighted by Gasteiger charge is -2.09. The maximum absolute atomic E-state index is 5.55. The fraction of sp³-hybridized carbons (Fsp3) is 0.556. The summed E-state index contributed by atoms with van der Waals surface area (Å²) >= 11 is 3.42. The van der Waals surface area contributed by atoms with Gasteiger partial charge in [-0.15, -0.1) is 0 Å². The minimum Gasteiger partial charge on any atom is -0.330 e. The van der Waals surface area contributed by atoms with Gasteiger partial charge >= 0.3 is 0 Å². The predicted octanol–water partition coefficient (Wildman–Crippen LogP) is 1.68. The Hall–Kier alpha value is -0.480. The SMILES string of the molecule is Cc1ncc(Br)c(CC(C)CN)n1. The summed E-state index contributed by atoms with van der Waals surface area (Å²) in [7, 11) is 0. The highest BCUT2D eigenvalue weighted by Gasteiger charge is 2.07. The van der Waals surface area contributed by atoms with Crippen molar-refractivity contribution in [3.8, 4) is 0 Å². The molecule has 3 nitrogen and oxygen atoms in total. The van der Waals surface area contributed by atoms with Gasteiger partial charge in [0, 0.05) is 6.20 Å². The molecule has 1 aromatic rings. The molecule has 1 unspecified atom stereocenters. The molecule has 0 bridgehead atoms. The summed E-state index contributed by atoms with van der Waals surface area (Å²) < 4.78 is 0.971. The zero-order valence-electron chi connectivity index (χ0n) is 7.92. The first-order valence-electron chi connectivity index (χ1n) is 4.31. The third kappa shape index (κ3) is 3.04. The second-order valence-electron chi connectivity index (χ2n) is 3.26. The Bertz CT molecular complexity index is 288. The number of nitrogens with zero attached hydrogens (tertiary/aromatic N) is 2. The summed E-state index contributed by atoms with van der Waals surface area (Å²) in [6.07, 6.45) is 2.70. The van der Waals surface area contributed by atoms with Crippen LogP contribution < -0.4 is 5.73 Å². The largest absolute Gasteiger partial charge is 0.330 e. The van der Waals surface area contributed by atoms with E-state index in [4.69, 9.17) is 5.73 Å². The Balaban J connectivity index is 2.81. The standard InChI is InChI=1S/C9H14BrN3/c1-6(4-11)3-9-8(10)5-12-7(2)13-9/h5-6H,3-4,11H2,1-2H3. The lowest BCUT2D eigenvalue weighted by atomic mass is 10.1. The molecule has 0 amide bonds. The van der Waals surface area contributed by atoms with E-state index < -0.39 is 0 Å². The van der Waals surface area contributed by atoms with Gasteiger partial charge in [0.05, 0.1) is 10.2 Å². The van der Waals surface area contributed by atoms with Crippen molar-refractivity contribution in [2.45, 2.75) is 20.3 Å². The van der Waals surface area contributed by atoms with Crippen molar-refractivity contribution in [2.75, 3.05) is 6.54 Å². The van der Waals surface area contributed by atoms with Crippen molar-refractivity contribution in [2.24, 2.45) is 11.7 Å². The molecule has 1 rings (SSSR count). The van der Waals surface area contributed by atoms with Crippen LogP contribution in [0.4, 0.5) is 0 Å². The number of halogens is 1. The first-order valence-corrected chi connectivity index (χ1v) is 5.11. The molecule has 0 saturated heterocycles. The first-order chi connectivity index (χ1) is 6.13. The topological polar surface area (TPSA) is 51.8 Å². The monoisotopic (exact) mass is 243 g/mol. The molecule has 2 N–H and O–H groups in total. The molecule has 0 radical (unpaired) electrons. The molecule has 0 spiro atoms. The van der Waals surface area contributed by atoms with Crippen LogP contribution in [0, 0.1) is 12.8 Å². The third-order valence-corrected chi connectivity index (χ3v) is 2.54. The number of aryl methyl sites for hydroxylation is 1. The van der Waals surface area contributed by atoms with Crippen molar-refractivity contribution >= 4 is 15.9 Å². The summed E-state index contributed by atoms with van der Waals surface area (Å²) in [5.41, 5.74) is 6.60. The molecular formula is C9H14BrN3. The van der Waals surface area contributed by atoms with E-state index in [9.17, 15) is 0 Å². The van der Waals surface area contributed by atoms with E-state index >= 15 is 0 Å². The van der Waals surface area contributed by atoms with E-state index in [0.717, 1.165) is 22.4 Å². The number of aromatic nitrogens is 2. The molecule has 0 fully saturated rings. The lowest BCUT2D eigenvalue weighted by Crippen LogP contribution is -2.14. The normalized spacial score (nSPS) is 12.9. The number of nitrogens with two attached hydrogens (primary N) is 1. The van der Waals surface area contributed by atoms with Crippen LogP contribution in [-0.2, 0) is 6.42 Å². The Morgan fingerprint density at radius 2 is 2.31 bits per heavy atom. The Morgan fingerprint density at radius 1 is 1.62 bits per heavy atom. The van der Waals surface area contributed by atoms with Crippen LogP contribution in [0.3, 0.4) is 0 Å². The number of hydrogen-bond donors (Lipinski definition) is 1. The predicted molar refractivity (Wildman–Crippen MR) is 56.4 cm³/mol. The molecule has 72 valence electrons. The van der Waals surface area contributed by atoms with Gasteiger partial charge < -0.3 is 5.73 Å². The Kier molecular flexibility index (Phi) is 3.81. The van der Waals surface area contributed by atoms with E-state index in [1.165, 1.54) is 0 Å². The Morgan fingerprint density at radius 3 is 2.92 bits per heavy atom. The molecular weight excluding hydrogens is 230 g/mol. The van der Waals surface area contributed by atoms with Gasteiger partial charge in [-0.2, -0.15) is 0 Å². The van der Waals surface area contributed by atoms with E-state index in [0.29, 0.717) is 12.5 Å². The second-order valence-corrected chi connectivity index (χ2v) is 4.11. The van der Waals surface area contributed by atoms with Crippen molar-refractivity contribution in [3.05, 3.63) is 22.2 Å². The van der Waals surface area contributed by atoms with Gasteiger partial charge in [-0.3, -0.25) is 0 Å². The van der Waals surface area contributed by atoms with Gasteiger partial charge in [-0.1, -0.05) is 6.92 Å². The van der Waals surface area contributed by atoms with Gasteiger partial charge in [0.2, 0.25) is 0 Å². The van der Waals surface area contributed by atoms with E-state index in [1.807, 2.05) is 6.92 Å². The molecule has 1 heterocycles. The summed E-state index contributed by atoms with van der Waals surface area (Å²) in [5, 5.41) is 0. The highest BCUT2D eigenvalue weighted by atomic mass is 79.9. The van der Waals surface area contributed by atoms with E-state index in [2.05, 4.69) is 32.8 Å². The summed E-state index contributed by atoms with van der Waals surface area (Å²) in [6, 6.07) is 0. The van der Waals surface area contributed by atoms with Crippen LogP contribution in [0.2, 0.25) is 0 Å².